The molecule has 0 aliphatic heterocycles. The van der Waals surface area contributed by atoms with Gasteiger partial charge in [-0.3, -0.25) is 14.3 Å². The molecule has 2 rings (SSSR count). The first-order valence-electron chi connectivity index (χ1n) is 6.47. The highest BCUT2D eigenvalue weighted by molar-refractivity contribution is 7.10. The minimum Gasteiger partial charge on any atom is -0.479 e. The molecule has 118 valence electrons. The molecule has 0 unspecified atom stereocenters. The Morgan fingerprint density at radius 2 is 2.23 bits per heavy atom. The van der Waals surface area contributed by atoms with E-state index in [1.807, 2.05) is 6.92 Å². The summed E-state index contributed by atoms with van der Waals surface area (Å²) in [4.78, 5) is 25.6. The zero-order valence-corrected chi connectivity index (χ0v) is 13.6. The zero-order chi connectivity index (χ0) is 16.3. The third-order valence-electron chi connectivity index (χ3n) is 2.84. The van der Waals surface area contributed by atoms with E-state index in [1.54, 1.807) is 26.4 Å². The maximum atomic E-state index is 12.3. The number of carbonyl (C=O) groups excluding carboxylic acids is 2. The quantitative estimate of drug-likeness (QED) is 0.883. The first kappa shape index (κ1) is 16.0. The lowest BCUT2D eigenvalue weighted by Gasteiger charge is -2.15. The number of likely N-dealkylation sites (N-methyl/N-ethyl adjacent to an activating group) is 1. The first-order valence-corrected chi connectivity index (χ1v) is 7.24. The van der Waals surface area contributed by atoms with Crippen molar-refractivity contribution in [2.24, 2.45) is 7.05 Å². The van der Waals surface area contributed by atoms with E-state index in [0.717, 1.165) is 5.69 Å². The fourth-order valence-electron chi connectivity index (χ4n) is 1.86. The van der Waals surface area contributed by atoms with Crippen LogP contribution in [0.5, 0.6) is 5.88 Å². The summed E-state index contributed by atoms with van der Waals surface area (Å²) in [6, 6.07) is 1.77. The van der Waals surface area contributed by atoms with Crippen LogP contribution in [0.25, 0.3) is 0 Å². The highest BCUT2D eigenvalue weighted by Crippen LogP contribution is 2.17. The van der Waals surface area contributed by atoms with Crippen LogP contribution in [0.2, 0.25) is 0 Å². The number of methoxy groups -OCH3 is 1. The number of hydrogen-bond acceptors (Lipinski definition) is 6. The summed E-state index contributed by atoms with van der Waals surface area (Å²) in [7, 11) is 4.68. The average Bonchev–Trinajstić information content (AvgIpc) is 3.03. The van der Waals surface area contributed by atoms with Crippen molar-refractivity contribution in [2.45, 2.75) is 6.92 Å². The van der Waals surface area contributed by atoms with Crippen molar-refractivity contribution in [1.82, 2.24) is 19.1 Å². The van der Waals surface area contributed by atoms with E-state index in [0.29, 0.717) is 10.6 Å². The molecule has 0 bridgehead atoms. The number of hydrogen-bond donors (Lipinski definition) is 1. The second-order valence-corrected chi connectivity index (χ2v) is 5.57. The molecule has 9 heteroatoms. The summed E-state index contributed by atoms with van der Waals surface area (Å²) in [6.45, 7) is 1.77. The molecule has 2 aromatic heterocycles. The van der Waals surface area contributed by atoms with Crippen LogP contribution in [0.1, 0.15) is 16.1 Å². The van der Waals surface area contributed by atoms with Crippen LogP contribution < -0.4 is 10.1 Å². The molecule has 0 saturated heterocycles. The van der Waals surface area contributed by atoms with Crippen LogP contribution in [0.4, 0.5) is 5.00 Å². The fourth-order valence-corrected chi connectivity index (χ4v) is 2.54. The minimum absolute atomic E-state index is 0.0756. The summed E-state index contributed by atoms with van der Waals surface area (Å²) < 4.78 is 10.6. The Hall–Kier alpha value is -2.42. The second-order valence-electron chi connectivity index (χ2n) is 4.77. The van der Waals surface area contributed by atoms with Gasteiger partial charge in [0, 0.05) is 20.3 Å². The maximum Gasteiger partial charge on any atom is 0.261 e. The van der Waals surface area contributed by atoms with Crippen LogP contribution in [-0.4, -0.2) is 51.6 Å². The van der Waals surface area contributed by atoms with Crippen molar-refractivity contribution in [1.29, 1.82) is 0 Å². The molecule has 0 fully saturated rings. The number of nitrogens with one attached hydrogen (secondary N) is 1. The van der Waals surface area contributed by atoms with E-state index in [2.05, 4.69) is 14.8 Å². The molecule has 0 saturated carbocycles. The van der Waals surface area contributed by atoms with Crippen LogP contribution in [0.15, 0.2) is 12.3 Å². The van der Waals surface area contributed by atoms with Gasteiger partial charge in [0.25, 0.3) is 5.91 Å². The first-order chi connectivity index (χ1) is 10.4. The monoisotopic (exact) mass is 323 g/mol. The second kappa shape index (κ2) is 6.56. The predicted octanol–water partition coefficient (Wildman–Crippen LogP) is 0.904. The van der Waals surface area contributed by atoms with E-state index in [-0.39, 0.29) is 24.2 Å². The van der Waals surface area contributed by atoms with E-state index >= 15 is 0 Å². The summed E-state index contributed by atoms with van der Waals surface area (Å²) in [5.74, 6) is -0.388. The molecule has 22 heavy (non-hydrogen) atoms. The normalized spacial score (nSPS) is 10.4. The summed E-state index contributed by atoms with van der Waals surface area (Å²) in [5, 5.41) is 7.38. The smallest absolute Gasteiger partial charge is 0.261 e. The van der Waals surface area contributed by atoms with Gasteiger partial charge in [-0.1, -0.05) is 0 Å². The molecule has 2 heterocycles. The Morgan fingerprint density at radius 1 is 1.50 bits per heavy atom. The summed E-state index contributed by atoms with van der Waals surface area (Å²) in [5.41, 5.74) is 1.15. The van der Waals surface area contributed by atoms with Gasteiger partial charge in [-0.05, 0) is 24.5 Å². The highest BCUT2D eigenvalue weighted by atomic mass is 32.1. The van der Waals surface area contributed by atoms with Gasteiger partial charge in [0.1, 0.15) is 10.6 Å². The third-order valence-corrected chi connectivity index (χ3v) is 3.63. The average molecular weight is 323 g/mol. The van der Waals surface area contributed by atoms with Gasteiger partial charge in [-0.15, -0.1) is 5.10 Å². The molecule has 1 N–H and O–H groups in total. The molecular weight excluding hydrogens is 306 g/mol. The maximum absolute atomic E-state index is 12.3. The molecule has 2 amide bonds. The Bertz CT molecular complexity index is 694. The zero-order valence-electron chi connectivity index (χ0n) is 12.8. The Labute approximate surface area is 131 Å². The Balaban J connectivity index is 2.00. The standard InChI is InChI=1S/C13H17N5O3S/c1-8-5-11(22-16-8)14-10(19)7-17(2)13(20)9-6-18(3)15-12(9)21-4/h5-6H,7H2,1-4H3,(H,14,19). The number of aromatic nitrogens is 3. The number of aryl methyl sites for hydroxylation is 2. The van der Waals surface area contributed by atoms with Crippen LogP contribution in [0, 0.1) is 6.92 Å². The van der Waals surface area contributed by atoms with Gasteiger partial charge in [0.15, 0.2) is 0 Å². The molecule has 0 radical (unpaired) electrons. The lowest BCUT2D eigenvalue weighted by atomic mass is 10.3. The van der Waals surface area contributed by atoms with Crippen molar-refractivity contribution in [3.05, 3.63) is 23.5 Å². The van der Waals surface area contributed by atoms with E-state index < -0.39 is 0 Å². The van der Waals surface area contributed by atoms with Crippen LogP contribution in [-0.2, 0) is 11.8 Å². The van der Waals surface area contributed by atoms with E-state index in [9.17, 15) is 9.59 Å². The van der Waals surface area contributed by atoms with Crippen LogP contribution >= 0.6 is 11.5 Å². The molecule has 0 aliphatic carbocycles. The predicted molar refractivity (Wildman–Crippen MR) is 82.2 cm³/mol. The van der Waals surface area contributed by atoms with Crippen molar-refractivity contribution < 1.29 is 14.3 Å². The van der Waals surface area contributed by atoms with Crippen molar-refractivity contribution >= 4 is 28.3 Å². The summed E-state index contributed by atoms with van der Waals surface area (Å²) >= 11 is 1.20. The van der Waals surface area contributed by atoms with Gasteiger partial charge in [-0.2, -0.15) is 4.37 Å². The third kappa shape index (κ3) is 3.61. The van der Waals surface area contributed by atoms with Crippen LogP contribution in [0.3, 0.4) is 0 Å². The molecular formula is C13H17N5O3S. The van der Waals surface area contributed by atoms with Gasteiger partial charge < -0.3 is 15.0 Å². The van der Waals surface area contributed by atoms with E-state index in [1.165, 1.54) is 28.2 Å². The van der Waals surface area contributed by atoms with Gasteiger partial charge in [-0.25, -0.2) is 0 Å². The summed E-state index contributed by atoms with van der Waals surface area (Å²) in [6.07, 6.45) is 1.56. The number of amides is 2. The molecule has 0 atom stereocenters. The Morgan fingerprint density at radius 3 is 2.82 bits per heavy atom. The number of ether oxygens (including phenoxy) is 1. The van der Waals surface area contributed by atoms with Gasteiger partial charge >= 0.3 is 0 Å². The number of anilines is 1. The lowest BCUT2D eigenvalue weighted by Crippen LogP contribution is -2.34. The Kier molecular flexibility index (Phi) is 4.76. The number of nitrogens with zero attached hydrogens (tertiary/aromatic N) is 4. The molecule has 0 aliphatic rings. The molecule has 0 aromatic carbocycles. The minimum atomic E-state index is -0.333. The van der Waals surface area contributed by atoms with Crippen molar-refractivity contribution in [3.8, 4) is 5.88 Å². The number of carbonyl (C=O) groups is 2. The molecule has 0 spiro atoms. The highest BCUT2D eigenvalue weighted by Gasteiger charge is 2.21. The van der Waals surface area contributed by atoms with Crippen molar-refractivity contribution in [2.75, 3.05) is 26.0 Å². The van der Waals surface area contributed by atoms with Gasteiger partial charge in [0.2, 0.25) is 11.8 Å². The van der Waals surface area contributed by atoms with E-state index in [4.69, 9.17) is 4.74 Å². The molecule has 2 aromatic rings. The largest absolute Gasteiger partial charge is 0.479 e. The van der Waals surface area contributed by atoms with Gasteiger partial charge in [0.05, 0.1) is 19.3 Å². The van der Waals surface area contributed by atoms with Crippen molar-refractivity contribution in [3.63, 3.8) is 0 Å². The SMILES string of the molecule is COc1nn(C)cc1C(=O)N(C)CC(=O)Nc1cc(C)ns1. The topological polar surface area (TPSA) is 89.4 Å². The lowest BCUT2D eigenvalue weighted by molar-refractivity contribution is -0.116. The number of rotatable bonds is 5. The fraction of sp³-hybridized carbons (Fsp3) is 0.385. The molecule has 8 nitrogen and oxygen atoms in total.